The third kappa shape index (κ3) is 5.98. The number of rotatable bonds is 9. The molecule has 208 valence electrons. The molecule has 6 rings (SSSR count). The number of hydrogen-bond acceptors (Lipinski definition) is 6. The van der Waals surface area contributed by atoms with Gasteiger partial charge in [-0.2, -0.15) is 0 Å². The van der Waals surface area contributed by atoms with Crippen LogP contribution in [-0.4, -0.2) is 56.3 Å². The summed E-state index contributed by atoms with van der Waals surface area (Å²) in [6.45, 7) is 4.06. The number of ether oxygens (including phenoxy) is 2. The average molecular weight is 656 g/mol. The van der Waals surface area contributed by atoms with Crippen LogP contribution < -0.4 is 4.74 Å². The van der Waals surface area contributed by atoms with E-state index in [1.807, 2.05) is 24.3 Å². The van der Waals surface area contributed by atoms with E-state index in [1.165, 1.54) is 6.07 Å². The number of halogens is 2. The zero-order valence-electron chi connectivity index (χ0n) is 21.9. The number of nitrogens with zero attached hydrogens (tertiary/aromatic N) is 4. The van der Waals surface area contributed by atoms with Gasteiger partial charge in [0.15, 0.2) is 0 Å². The molecule has 4 heterocycles. The zero-order valence-corrected chi connectivity index (χ0v) is 24.1. The van der Waals surface area contributed by atoms with Crippen LogP contribution in [0.15, 0.2) is 54.6 Å². The van der Waals surface area contributed by atoms with Gasteiger partial charge in [-0.05, 0) is 91.3 Å². The second kappa shape index (κ2) is 11.8. The summed E-state index contributed by atoms with van der Waals surface area (Å²) in [6, 6.07) is 16.0. The summed E-state index contributed by atoms with van der Waals surface area (Å²) in [6.07, 6.45) is 3.05. The quantitative estimate of drug-likeness (QED) is 0.234. The summed E-state index contributed by atoms with van der Waals surface area (Å²) in [4.78, 5) is 23.6. The Morgan fingerprint density at radius 1 is 1.10 bits per heavy atom. The van der Waals surface area contributed by atoms with Gasteiger partial charge in [0, 0.05) is 33.4 Å². The number of piperidine rings is 1. The molecule has 0 radical (unpaired) electrons. The third-order valence-corrected chi connectivity index (χ3v) is 8.43. The molecule has 1 N–H and O–H groups in total. The van der Waals surface area contributed by atoms with Crippen molar-refractivity contribution in [1.29, 1.82) is 0 Å². The number of carboxylic acids is 1. The highest BCUT2D eigenvalue weighted by atomic mass is 127. The normalized spacial score (nSPS) is 18.1. The van der Waals surface area contributed by atoms with Crippen LogP contribution in [0.4, 0.5) is 4.39 Å². The highest BCUT2D eigenvalue weighted by Gasteiger charge is 2.26. The number of hydrogen-bond donors (Lipinski definition) is 1. The molecule has 0 unspecified atom stereocenters. The Morgan fingerprint density at radius 2 is 1.93 bits per heavy atom. The van der Waals surface area contributed by atoms with Gasteiger partial charge in [-0.1, -0.05) is 12.1 Å². The minimum absolute atomic E-state index is 0.137. The maximum absolute atomic E-state index is 14.2. The van der Waals surface area contributed by atoms with Crippen molar-refractivity contribution >= 4 is 39.6 Å². The first-order valence-electron chi connectivity index (χ1n) is 13.5. The van der Waals surface area contributed by atoms with Crippen molar-refractivity contribution < 1.29 is 23.8 Å². The summed E-state index contributed by atoms with van der Waals surface area (Å²) < 4.78 is 28.7. The fourth-order valence-corrected chi connectivity index (χ4v) is 5.83. The number of carboxylic acid groups (broad SMARTS) is 1. The van der Waals surface area contributed by atoms with Gasteiger partial charge in [0.25, 0.3) is 0 Å². The smallest absolute Gasteiger partial charge is 0.335 e. The lowest BCUT2D eigenvalue weighted by Gasteiger charge is -2.32. The first-order chi connectivity index (χ1) is 19.4. The van der Waals surface area contributed by atoms with Crippen molar-refractivity contribution in [2.45, 2.75) is 51.0 Å². The Balaban J connectivity index is 1.11. The Hall–Kier alpha value is -3.09. The number of pyridine rings is 1. The minimum atomic E-state index is -0.941. The van der Waals surface area contributed by atoms with Crippen molar-refractivity contribution in [3.8, 4) is 5.88 Å². The number of fused-ring (bicyclic) bond motifs is 1. The Labute approximate surface area is 245 Å². The molecule has 4 aromatic rings. The molecule has 0 saturated carbocycles. The summed E-state index contributed by atoms with van der Waals surface area (Å²) in [5.74, 6) is 0.540. The van der Waals surface area contributed by atoms with E-state index in [4.69, 9.17) is 19.4 Å². The monoisotopic (exact) mass is 656 g/mol. The summed E-state index contributed by atoms with van der Waals surface area (Å²) >= 11 is 2.09. The van der Waals surface area contributed by atoms with Crippen molar-refractivity contribution in [2.24, 2.45) is 0 Å². The maximum Gasteiger partial charge on any atom is 0.335 e. The van der Waals surface area contributed by atoms with Gasteiger partial charge < -0.3 is 19.1 Å². The molecule has 2 fully saturated rings. The fraction of sp³-hybridized carbons (Fsp3) is 0.367. The molecule has 2 aliphatic heterocycles. The van der Waals surface area contributed by atoms with Gasteiger partial charge in [0.1, 0.15) is 18.2 Å². The molecule has 0 bridgehead atoms. The number of benzene rings is 2. The second-order valence-corrected chi connectivity index (χ2v) is 11.6. The Bertz CT molecular complexity index is 1530. The first kappa shape index (κ1) is 27.1. The molecular formula is C30H30FIN4O4. The SMILES string of the molecule is O=C(O)c1ccc2nc(CN3CCC(c4cccc(OCc5ccc(I)cc5F)n4)CC3)n(C[C@@H]3CCO3)c2c1. The van der Waals surface area contributed by atoms with E-state index in [0.717, 1.165) is 65.1 Å². The van der Waals surface area contributed by atoms with E-state index >= 15 is 0 Å². The summed E-state index contributed by atoms with van der Waals surface area (Å²) in [7, 11) is 0. The van der Waals surface area contributed by atoms with Crippen molar-refractivity contribution in [1.82, 2.24) is 19.4 Å². The predicted molar refractivity (Wildman–Crippen MR) is 156 cm³/mol. The first-order valence-corrected chi connectivity index (χ1v) is 14.6. The maximum atomic E-state index is 14.2. The van der Waals surface area contributed by atoms with Crippen LogP contribution in [0.5, 0.6) is 5.88 Å². The topological polar surface area (TPSA) is 89.7 Å². The molecule has 8 nitrogen and oxygen atoms in total. The van der Waals surface area contributed by atoms with Crippen LogP contribution in [0.25, 0.3) is 11.0 Å². The van der Waals surface area contributed by atoms with Crippen LogP contribution in [-0.2, 0) is 24.4 Å². The second-order valence-electron chi connectivity index (χ2n) is 10.4. The van der Waals surface area contributed by atoms with Crippen molar-refractivity contribution in [3.63, 3.8) is 0 Å². The molecule has 2 saturated heterocycles. The number of imidazole rings is 1. The lowest BCUT2D eigenvalue weighted by atomic mass is 9.93. The van der Waals surface area contributed by atoms with Gasteiger partial charge in [-0.15, -0.1) is 0 Å². The number of aromatic carboxylic acids is 1. The zero-order chi connectivity index (χ0) is 27.6. The van der Waals surface area contributed by atoms with Crippen LogP contribution in [0.2, 0.25) is 0 Å². The molecule has 2 aromatic carbocycles. The number of aromatic nitrogens is 3. The van der Waals surface area contributed by atoms with Crippen molar-refractivity contribution in [2.75, 3.05) is 19.7 Å². The molecular weight excluding hydrogens is 626 g/mol. The summed E-state index contributed by atoms with van der Waals surface area (Å²) in [5.41, 5.74) is 3.41. The van der Waals surface area contributed by atoms with Crippen LogP contribution in [0.3, 0.4) is 0 Å². The van der Waals surface area contributed by atoms with E-state index in [-0.39, 0.29) is 24.1 Å². The lowest BCUT2D eigenvalue weighted by Crippen LogP contribution is -2.35. The highest BCUT2D eigenvalue weighted by molar-refractivity contribution is 14.1. The molecule has 0 spiro atoms. The van der Waals surface area contributed by atoms with Crippen LogP contribution >= 0.6 is 22.6 Å². The fourth-order valence-electron chi connectivity index (χ4n) is 5.38. The molecule has 1 atom stereocenters. The lowest BCUT2D eigenvalue weighted by molar-refractivity contribution is -0.0592. The molecule has 2 aliphatic rings. The third-order valence-electron chi connectivity index (χ3n) is 7.76. The van der Waals surface area contributed by atoms with E-state index < -0.39 is 5.97 Å². The largest absolute Gasteiger partial charge is 0.478 e. The Morgan fingerprint density at radius 3 is 2.65 bits per heavy atom. The number of likely N-dealkylation sites (tertiary alicyclic amines) is 1. The summed E-state index contributed by atoms with van der Waals surface area (Å²) in [5, 5.41) is 9.49. The van der Waals surface area contributed by atoms with E-state index in [2.05, 4.69) is 32.1 Å². The van der Waals surface area contributed by atoms with E-state index in [9.17, 15) is 14.3 Å². The molecule has 40 heavy (non-hydrogen) atoms. The standard InChI is InChI=1S/C30H30FIN4O4/c31-24-15-22(32)6-4-21(24)18-40-29-3-1-2-25(34-29)19-8-11-35(12-9-19)17-28-33-26-7-5-20(30(37)38)14-27(26)36(28)16-23-10-13-39-23/h1-7,14-15,19,23H,8-13,16-18H2,(H,37,38)/t23-/m0/s1. The number of carbonyl (C=O) groups is 1. The molecule has 0 amide bonds. The van der Waals surface area contributed by atoms with E-state index in [0.29, 0.717) is 30.5 Å². The minimum Gasteiger partial charge on any atom is -0.478 e. The molecule has 0 aliphatic carbocycles. The van der Waals surface area contributed by atoms with E-state index in [1.54, 1.807) is 24.3 Å². The van der Waals surface area contributed by atoms with Gasteiger partial charge in [-0.25, -0.2) is 19.2 Å². The van der Waals surface area contributed by atoms with Crippen LogP contribution in [0.1, 0.15) is 52.6 Å². The highest BCUT2D eigenvalue weighted by Crippen LogP contribution is 2.30. The van der Waals surface area contributed by atoms with Gasteiger partial charge in [0.05, 0.1) is 35.8 Å². The Kier molecular flexibility index (Phi) is 7.99. The van der Waals surface area contributed by atoms with Gasteiger partial charge >= 0.3 is 5.97 Å². The van der Waals surface area contributed by atoms with Crippen molar-refractivity contribution in [3.05, 3.63) is 86.6 Å². The molecule has 2 aromatic heterocycles. The van der Waals surface area contributed by atoms with Gasteiger partial charge in [-0.3, -0.25) is 4.90 Å². The van der Waals surface area contributed by atoms with Crippen LogP contribution in [0, 0.1) is 9.39 Å². The van der Waals surface area contributed by atoms with Gasteiger partial charge in [0.2, 0.25) is 5.88 Å². The molecule has 10 heteroatoms. The predicted octanol–water partition coefficient (Wildman–Crippen LogP) is 5.62. The average Bonchev–Trinajstić information content (AvgIpc) is 3.26.